The Balaban J connectivity index is 0.00000312. The maximum Gasteiger partial charge on any atom is 0.227 e. The Morgan fingerprint density at radius 1 is 1.28 bits per heavy atom. The zero-order chi connectivity index (χ0) is 17.4. The molecular formula is C19H31ClN2O3. The summed E-state index contributed by atoms with van der Waals surface area (Å²) in [5.74, 6) is 0.969. The molecule has 0 spiro atoms. The molecule has 0 aliphatic carbocycles. The molecule has 1 fully saturated rings. The van der Waals surface area contributed by atoms with E-state index in [4.69, 9.17) is 15.2 Å². The number of carbonyl (C=O) groups is 1. The molecule has 0 unspecified atom stereocenters. The molecular weight excluding hydrogens is 340 g/mol. The van der Waals surface area contributed by atoms with Crippen LogP contribution in [-0.2, 0) is 16.0 Å². The van der Waals surface area contributed by atoms with Gasteiger partial charge in [0.15, 0.2) is 0 Å². The van der Waals surface area contributed by atoms with Crippen molar-refractivity contribution in [3.8, 4) is 5.75 Å². The fourth-order valence-corrected chi connectivity index (χ4v) is 2.90. The highest BCUT2D eigenvalue weighted by molar-refractivity contribution is 5.85. The van der Waals surface area contributed by atoms with E-state index in [1.807, 2.05) is 43.0 Å². The first kappa shape index (κ1) is 21.7. The summed E-state index contributed by atoms with van der Waals surface area (Å²) in [4.78, 5) is 14.5. The number of hydrogen-bond acceptors (Lipinski definition) is 4. The molecule has 1 aliphatic rings. The van der Waals surface area contributed by atoms with Crippen molar-refractivity contribution in [1.82, 2.24) is 4.90 Å². The molecule has 0 bridgehead atoms. The van der Waals surface area contributed by atoms with Gasteiger partial charge in [-0.3, -0.25) is 4.79 Å². The average molecular weight is 371 g/mol. The third-order valence-electron chi connectivity index (χ3n) is 4.17. The summed E-state index contributed by atoms with van der Waals surface area (Å²) in [5, 5.41) is 0. The Morgan fingerprint density at radius 3 is 2.60 bits per heavy atom. The van der Waals surface area contributed by atoms with E-state index in [-0.39, 0.29) is 30.5 Å². The van der Waals surface area contributed by atoms with Crippen molar-refractivity contribution in [2.24, 2.45) is 5.73 Å². The van der Waals surface area contributed by atoms with Crippen molar-refractivity contribution >= 4 is 18.3 Å². The Hall–Kier alpha value is -1.30. The third kappa shape index (κ3) is 7.22. The minimum atomic E-state index is 0. The van der Waals surface area contributed by atoms with E-state index in [1.54, 1.807) is 0 Å². The van der Waals surface area contributed by atoms with E-state index in [0.717, 1.165) is 50.3 Å². The highest BCUT2D eigenvalue weighted by Gasteiger charge is 2.23. The van der Waals surface area contributed by atoms with E-state index in [1.165, 1.54) is 0 Å². The van der Waals surface area contributed by atoms with Crippen molar-refractivity contribution in [1.29, 1.82) is 0 Å². The van der Waals surface area contributed by atoms with Crippen molar-refractivity contribution in [2.45, 2.75) is 51.7 Å². The number of nitrogens with two attached hydrogens (primary N) is 1. The van der Waals surface area contributed by atoms with Gasteiger partial charge in [-0.2, -0.15) is 0 Å². The number of rotatable bonds is 8. The van der Waals surface area contributed by atoms with E-state index in [0.29, 0.717) is 13.0 Å². The van der Waals surface area contributed by atoms with Gasteiger partial charge in [0.05, 0.1) is 18.6 Å². The van der Waals surface area contributed by atoms with Gasteiger partial charge in [-0.15, -0.1) is 12.4 Å². The molecule has 0 aromatic heterocycles. The first-order valence-electron chi connectivity index (χ1n) is 8.94. The number of amides is 1. The number of hydrogen-bond donors (Lipinski definition) is 1. The molecule has 142 valence electrons. The van der Waals surface area contributed by atoms with Crippen LogP contribution < -0.4 is 10.5 Å². The lowest BCUT2D eigenvalue weighted by atomic mass is 10.1. The van der Waals surface area contributed by atoms with Gasteiger partial charge in [0.25, 0.3) is 0 Å². The van der Waals surface area contributed by atoms with Crippen LogP contribution in [0.3, 0.4) is 0 Å². The van der Waals surface area contributed by atoms with Crippen molar-refractivity contribution in [3.05, 3.63) is 29.8 Å². The first-order valence-corrected chi connectivity index (χ1v) is 8.94. The fraction of sp³-hybridized carbons (Fsp3) is 0.632. The third-order valence-corrected chi connectivity index (χ3v) is 4.17. The van der Waals surface area contributed by atoms with Crippen LogP contribution in [0.1, 0.15) is 38.7 Å². The second kappa shape index (κ2) is 11.3. The summed E-state index contributed by atoms with van der Waals surface area (Å²) in [6, 6.07) is 7.79. The summed E-state index contributed by atoms with van der Waals surface area (Å²) in [6.45, 7) is 6.89. The number of carbonyl (C=O) groups excluding carboxylic acids is 1. The minimum Gasteiger partial charge on any atom is -0.491 e. The molecule has 2 rings (SSSR count). The predicted octanol–water partition coefficient (Wildman–Crippen LogP) is 2.79. The van der Waals surface area contributed by atoms with Gasteiger partial charge in [0, 0.05) is 25.3 Å². The predicted molar refractivity (Wildman–Crippen MR) is 102 cm³/mol. The van der Waals surface area contributed by atoms with Gasteiger partial charge in [0.1, 0.15) is 5.75 Å². The van der Waals surface area contributed by atoms with Crippen molar-refractivity contribution in [3.63, 3.8) is 0 Å². The lowest BCUT2D eigenvalue weighted by Crippen LogP contribution is -2.41. The number of halogens is 1. The molecule has 1 saturated heterocycles. The highest BCUT2D eigenvalue weighted by Crippen LogP contribution is 2.22. The Bertz CT molecular complexity index is 517. The van der Waals surface area contributed by atoms with Gasteiger partial charge >= 0.3 is 0 Å². The number of ether oxygens (including phenoxy) is 2. The molecule has 1 heterocycles. The topological polar surface area (TPSA) is 64.8 Å². The fourth-order valence-electron chi connectivity index (χ4n) is 2.90. The lowest BCUT2D eigenvalue weighted by Gasteiger charge is -2.32. The summed E-state index contributed by atoms with van der Waals surface area (Å²) >= 11 is 0. The summed E-state index contributed by atoms with van der Waals surface area (Å²) in [6.07, 6.45) is 3.45. The molecule has 0 saturated carbocycles. The average Bonchev–Trinajstić information content (AvgIpc) is 2.57. The Labute approximate surface area is 157 Å². The Morgan fingerprint density at radius 2 is 1.96 bits per heavy atom. The molecule has 1 amide bonds. The molecule has 25 heavy (non-hydrogen) atoms. The van der Waals surface area contributed by atoms with Crippen molar-refractivity contribution < 1.29 is 14.3 Å². The zero-order valence-electron chi connectivity index (χ0n) is 15.3. The molecule has 6 heteroatoms. The second-order valence-electron chi connectivity index (χ2n) is 6.54. The summed E-state index contributed by atoms with van der Waals surface area (Å²) < 4.78 is 11.6. The second-order valence-corrected chi connectivity index (χ2v) is 6.54. The zero-order valence-corrected chi connectivity index (χ0v) is 16.1. The number of piperidine rings is 1. The largest absolute Gasteiger partial charge is 0.491 e. The summed E-state index contributed by atoms with van der Waals surface area (Å²) in [7, 11) is 0. The van der Waals surface area contributed by atoms with E-state index in [2.05, 4.69) is 0 Å². The van der Waals surface area contributed by atoms with Crippen LogP contribution >= 0.6 is 12.4 Å². The van der Waals surface area contributed by atoms with Crippen molar-refractivity contribution in [2.75, 3.05) is 26.2 Å². The monoisotopic (exact) mass is 370 g/mol. The number of benzene rings is 1. The molecule has 0 atom stereocenters. The van der Waals surface area contributed by atoms with Crippen LogP contribution in [0.5, 0.6) is 5.75 Å². The smallest absolute Gasteiger partial charge is 0.227 e. The van der Waals surface area contributed by atoms with Gasteiger partial charge in [-0.25, -0.2) is 0 Å². The van der Waals surface area contributed by atoms with Crippen LogP contribution in [0.25, 0.3) is 0 Å². The van der Waals surface area contributed by atoms with Gasteiger partial charge in [-0.05, 0) is 45.7 Å². The Kier molecular flexibility index (Phi) is 9.86. The molecule has 5 nitrogen and oxygen atoms in total. The van der Waals surface area contributed by atoms with E-state index >= 15 is 0 Å². The first-order chi connectivity index (χ1) is 11.6. The molecule has 1 aromatic carbocycles. The molecule has 1 aliphatic heterocycles. The molecule has 2 N–H and O–H groups in total. The maximum absolute atomic E-state index is 12.6. The maximum atomic E-state index is 12.6. The number of likely N-dealkylation sites (tertiary alicyclic amines) is 1. The molecule has 1 aromatic rings. The van der Waals surface area contributed by atoms with E-state index < -0.39 is 0 Å². The standard InChI is InChI=1S/C19H30N2O3.ClH/c1-15(2)24-18-7-4-3-6-16(18)14-19(22)21-11-8-17(9-12-21)23-13-5-10-20;/h3-4,6-7,15,17H,5,8-14,20H2,1-2H3;1H. The number of nitrogens with zero attached hydrogens (tertiary/aromatic N) is 1. The van der Waals surface area contributed by atoms with E-state index in [9.17, 15) is 4.79 Å². The van der Waals surface area contributed by atoms with Crippen LogP contribution in [0, 0.1) is 0 Å². The van der Waals surface area contributed by atoms with Gasteiger partial charge in [-0.1, -0.05) is 18.2 Å². The quantitative estimate of drug-likeness (QED) is 0.714. The van der Waals surface area contributed by atoms with Crippen LogP contribution in [0.4, 0.5) is 0 Å². The minimum absolute atomic E-state index is 0. The van der Waals surface area contributed by atoms with Crippen LogP contribution in [0.2, 0.25) is 0 Å². The van der Waals surface area contributed by atoms with Crippen LogP contribution in [0.15, 0.2) is 24.3 Å². The SMILES string of the molecule is CC(C)Oc1ccccc1CC(=O)N1CCC(OCCCN)CC1.Cl. The molecule has 0 radical (unpaired) electrons. The van der Waals surface area contributed by atoms with Gasteiger partial charge in [0.2, 0.25) is 5.91 Å². The highest BCUT2D eigenvalue weighted by atomic mass is 35.5. The number of para-hydroxylation sites is 1. The lowest BCUT2D eigenvalue weighted by molar-refractivity contribution is -0.133. The summed E-state index contributed by atoms with van der Waals surface area (Å²) in [5.41, 5.74) is 6.43. The normalized spacial score (nSPS) is 15.1. The van der Waals surface area contributed by atoms with Crippen LogP contribution in [-0.4, -0.2) is 49.3 Å². The van der Waals surface area contributed by atoms with Gasteiger partial charge < -0.3 is 20.1 Å².